The first-order valence-electron chi connectivity index (χ1n) is 11.0. The van der Waals surface area contributed by atoms with E-state index in [-0.39, 0.29) is 6.61 Å². The average molecular weight is 465 g/mol. The molecule has 7 nitrogen and oxygen atoms in total. The van der Waals surface area contributed by atoms with Crippen molar-refractivity contribution in [3.05, 3.63) is 76.2 Å². The number of carbonyl (C=O) groups excluding carboxylic acids is 2. The van der Waals surface area contributed by atoms with Gasteiger partial charge >= 0.3 is 11.6 Å². The molecule has 0 radical (unpaired) electrons. The van der Waals surface area contributed by atoms with E-state index in [2.05, 4.69) is 6.58 Å². The second-order valence-electron chi connectivity index (χ2n) is 7.94. The summed E-state index contributed by atoms with van der Waals surface area (Å²) in [6.45, 7) is 6.18. The Kier molecular flexibility index (Phi) is 8.62. The molecule has 0 saturated heterocycles. The van der Waals surface area contributed by atoms with E-state index in [4.69, 9.17) is 18.6 Å². The average Bonchev–Trinajstić information content (AvgIpc) is 2.84. The molecular weight excluding hydrogens is 436 g/mol. The van der Waals surface area contributed by atoms with Gasteiger partial charge in [-0.1, -0.05) is 24.8 Å². The first-order chi connectivity index (χ1) is 16.4. The molecular formula is C27H28O7. The van der Waals surface area contributed by atoms with E-state index in [0.717, 1.165) is 22.1 Å². The van der Waals surface area contributed by atoms with Gasteiger partial charge in [0, 0.05) is 11.0 Å². The molecule has 0 saturated carbocycles. The van der Waals surface area contributed by atoms with Crippen LogP contribution in [0.1, 0.15) is 30.9 Å². The summed E-state index contributed by atoms with van der Waals surface area (Å²) < 4.78 is 21.0. The minimum absolute atomic E-state index is 0.235. The van der Waals surface area contributed by atoms with Crippen molar-refractivity contribution in [2.24, 2.45) is 0 Å². The Morgan fingerprint density at radius 3 is 2.47 bits per heavy atom. The van der Waals surface area contributed by atoms with Gasteiger partial charge in [0.2, 0.25) is 0 Å². The van der Waals surface area contributed by atoms with Crippen molar-refractivity contribution in [2.45, 2.75) is 32.6 Å². The molecule has 2 aromatic carbocycles. The standard InChI is InChI=1S/C27H28O7/c1-18(2)26(29)33-13-5-7-21-14-19(6-4-12-32-17-28)15-22-16-24(27(30)34-25(21)22)20-8-10-23(31-3)11-9-20/h8-11,14-17H,1,4-7,12-13H2,2-3H3. The summed E-state index contributed by atoms with van der Waals surface area (Å²) in [6.07, 6.45) is 2.49. The van der Waals surface area contributed by atoms with E-state index in [1.165, 1.54) is 0 Å². The lowest BCUT2D eigenvalue weighted by molar-refractivity contribution is -0.139. The van der Waals surface area contributed by atoms with Crippen molar-refractivity contribution in [1.82, 2.24) is 0 Å². The van der Waals surface area contributed by atoms with E-state index in [1.54, 1.807) is 26.2 Å². The van der Waals surface area contributed by atoms with E-state index >= 15 is 0 Å². The smallest absolute Gasteiger partial charge is 0.344 e. The maximum Gasteiger partial charge on any atom is 0.344 e. The minimum atomic E-state index is -0.431. The number of methoxy groups -OCH3 is 1. The molecule has 1 aromatic heterocycles. The number of hydrogen-bond acceptors (Lipinski definition) is 7. The number of esters is 1. The van der Waals surface area contributed by atoms with E-state index in [0.29, 0.717) is 61.2 Å². The monoisotopic (exact) mass is 464 g/mol. The van der Waals surface area contributed by atoms with Crippen molar-refractivity contribution >= 4 is 23.4 Å². The highest BCUT2D eigenvalue weighted by atomic mass is 16.5. The van der Waals surface area contributed by atoms with E-state index < -0.39 is 11.6 Å². The van der Waals surface area contributed by atoms with Crippen LogP contribution < -0.4 is 10.4 Å². The molecule has 3 rings (SSSR count). The largest absolute Gasteiger partial charge is 0.497 e. The molecule has 3 aromatic rings. The van der Waals surface area contributed by atoms with Crippen molar-refractivity contribution in [1.29, 1.82) is 0 Å². The summed E-state index contributed by atoms with van der Waals surface area (Å²) in [7, 11) is 1.59. The van der Waals surface area contributed by atoms with Crippen LogP contribution in [0.5, 0.6) is 5.75 Å². The van der Waals surface area contributed by atoms with Crippen LogP contribution in [0.4, 0.5) is 0 Å². The predicted molar refractivity (Wildman–Crippen MR) is 129 cm³/mol. The summed E-state index contributed by atoms with van der Waals surface area (Å²) in [6, 6.07) is 13.0. The lowest BCUT2D eigenvalue weighted by atomic mass is 9.98. The van der Waals surface area contributed by atoms with Crippen molar-refractivity contribution in [2.75, 3.05) is 20.3 Å². The Morgan fingerprint density at radius 2 is 1.79 bits per heavy atom. The summed E-state index contributed by atoms with van der Waals surface area (Å²) in [5, 5.41) is 0.799. The number of fused-ring (bicyclic) bond motifs is 1. The zero-order valence-corrected chi connectivity index (χ0v) is 19.4. The molecule has 0 N–H and O–H groups in total. The molecule has 0 bridgehead atoms. The van der Waals surface area contributed by atoms with Crippen LogP contribution >= 0.6 is 0 Å². The highest BCUT2D eigenvalue weighted by molar-refractivity contribution is 5.87. The van der Waals surface area contributed by atoms with Gasteiger partial charge < -0.3 is 18.6 Å². The third-order valence-corrected chi connectivity index (χ3v) is 5.34. The molecule has 0 unspecified atom stereocenters. The number of rotatable bonds is 12. The van der Waals surface area contributed by atoms with Gasteiger partial charge in [0.05, 0.1) is 25.9 Å². The fourth-order valence-corrected chi connectivity index (χ4v) is 3.64. The third-order valence-electron chi connectivity index (χ3n) is 5.34. The van der Waals surface area contributed by atoms with Crippen LogP contribution in [0.15, 0.2) is 63.8 Å². The summed E-state index contributed by atoms with van der Waals surface area (Å²) in [4.78, 5) is 34.9. The van der Waals surface area contributed by atoms with Gasteiger partial charge in [-0.2, -0.15) is 0 Å². The first kappa shape index (κ1) is 24.8. The van der Waals surface area contributed by atoms with Crippen LogP contribution in [0.2, 0.25) is 0 Å². The molecule has 0 aliphatic heterocycles. The predicted octanol–water partition coefficient (Wildman–Crippen LogP) is 4.63. The molecule has 0 spiro atoms. The molecule has 7 heteroatoms. The molecule has 1 heterocycles. The fourth-order valence-electron chi connectivity index (χ4n) is 3.64. The molecule has 0 fully saturated rings. The van der Waals surface area contributed by atoms with Crippen LogP contribution in [-0.4, -0.2) is 32.8 Å². The molecule has 0 amide bonds. The highest BCUT2D eigenvalue weighted by Crippen LogP contribution is 2.27. The van der Waals surface area contributed by atoms with E-state index in [9.17, 15) is 14.4 Å². The van der Waals surface area contributed by atoms with Crippen molar-refractivity contribution in [3.63, 3.8) is 0 Å². The van der Waals surface area contributed by atoms with Crippen LogP contribution in [-0.2, 0) is 31.9 Å². The second kappa shape index (κ2) is 11.8. The molecule has 0 atom stereocenters. The van der Waals surface area contributed by atoms with Gasteiger partial charge in [-0.05, 0) is 73.6 Å². The lowest BCUT2D eigenvalue weighted by Crippen LogP contribution is -2.08. The van der Waals surface area contributed by atoms with Gasteiger partial charge in [-0.25, -0.2) is 9.59 Å². The van der Waals surface area contributed by atoms with Crippen molar-refractivity contribution < 1.29 is 28.2 Å². The summed E-state index contributed by atoms with van der Waals surface area (Å²) >= 11 is 0. The molecule has 0 aliphatic rings. The van der Waals surface area contributed by atoms with Gasteiger partial charge in [-0.3, -0.25) is 4.79 Å². The second-order valence-corrected chi connectivity index (χ2v) is 7.94. The van der Waals surface area contributed by atoms with E-state index in [1.807, 2.05) is 30.3 Å². The maximum atomic E-state index is 12.8. The Balaban J connectivity index is 1.92. The normalized spacial score (nSPS) is 10.6. The Labute approximate surface area is 197 Å². The minimum Gasteiger partial charge on any atom is -0.497 e. The molecule has 34 heavy (non-hydrogen) atoms. The van der Waals surface area contributed by atoms with Crippen molar-refractivity contribution in [3.8, 4) is 16.9 Å². The fraction of sp³-hybridized carbons (Fsp3) is 0.296. The Morgan fingerprint density at radius 1 is 1.06 bits per heavy atom. The molecule has 178 valence electrons. The zero-order chi connectivity index (χ0) is 24.5. The van der Waals surface area contributed by atoms with Crippen LogP contribution in [0.3, 0.4) is 0 Å². The van der Waals surface area contributed by atoms with Gasteiger partial charge in [0.25, 0.3) is 6.47 Å². The number of aryl methyl sites for hydroxylation is 2. The highest BCUT2D eigenvalue weighted by Gasteiger charge is 2.13. The SMILES string of the molecule is C=C(C)C(=O)OCCCc1cc(CCCOC=O)cc2cc(-c3ccc(OC)cc3)c(=O)oc12. The third kappa shape index (κ3) is 6.34. The summed E-state index contributed by atoms with van der Waals surface area (Å²) in [5.41, 5.74) is 3.51. The van der Waals surface area contributed by atoms with Gasteiger partial charge in [-0.15, -0.1) is 0 Å². The number of carbonyl (C=O) groups is 2. The number of ether oxygens (including phenoxy) is 3. The number of hydrogen-bond donors (Lipinski definition) is 0. The Hall–Kier alpha value is -3.87. The summed E-state index contributed by atoms with van der Waals surface area (Å²) in [5.74, 6) is 0.271. The Bertz CT molecular complexity index is 1220. The molecule has 0 aliphatic carbocycles. The zero-order valence-electron chi connectivity index (χ0n) is 19.4. The van der Waals surface area contributed by atoms with Crippen LogP contribution in [0, 0.1) is 0 Å². The topological polar surface area (TPSA) is 92.0 Å². The first-order valence-corrected chi connectivity index (χ1v) is 11.0. The maximum absolute atomic E-state index is 12.8. The number of benzene rings is 2. The van der Waals surface area contributed by atoms with Crippen LogP contribution in [0.25, 0.3) is 22.1 Å². The van der Waals surface area contributed by atoms with Gasteiger partial charge in [0.15, 0.2) is 0 Å². The lowest BCUT2D eigenvalue weighted by Gasteiger charge is -2.11. The quantitative estimate of drug-likeness (QED) is 0.127. The van der Waals surface area contributed by atoms with Gasteiger partial charge in [0.1, 0.15) is 11.3 Å².